The normalized spacial score (nSPS) is 10.7. The van der Waals surface area contributed by atoms with Crippen LogP contribution in [0.25, 0.3) is 11.3 Å². The Morgan fingerprint density at radius 1 is 1.33 bits per heavy atom. The molecule has 0 aliphatic heterocycles. The Morgan fingerprint density at radius 2 is 1.95 bits per heavy atom. The van der Waals surface area contributed by atoms with Crippen molar-refractivity contribution in [3.05, 3.63) is 45.1 Å². The van der Waals surface area contributed by atoms with Crippen LogP contribution in [0.2, 0.25) is 10.0 Å². The number of carboxylic acid groups (broad SMARTS) is 1. The summed E-state index contributed by atoms with van der Waals surface area (Å²) in [6, 6.07) is 1.96. The van der Waals surface area contributed by atoms with Gasteiger partial charge in [0.05, 0.1) is 21.4 Å². The van der Waals surface area contributed by atoms with Crippen molar-refractivity contribution in [2.75, 3.05) is 5.73 Å². The number of halogens is 4. The number of aromatic nitrogens is 1. The molecule has 0 saturated heterocycles. The smallest absolute Gasteiger partial charge is 0.356 e. The fraction of sp³-hybridized carbons (Fsp3) is 0.0769. The van der Waals surface area contributed by atoms with Gasteiger partial charge >= 0.3 is 5.97 Å². The number of nitrogens with zero attached hydrogens (tertiary/aromatic N) is 1. The lowest BCUT2D eigenvalue weighted by Gasteiger charge is -2.11. The number of hydrogen-bond donors (Lipinski definition) is 2. The van der Waals surface area contributed by atoms with Crippen LogP contribution >= 0.6 is 23.2 Å². The highest BCUT2D eigenvalue weighted by atomic mass is 35.5. The molecule has 3 N–H and O–H groups in total. The Balaban J connectivity index is 2.80. The third-order valence-corrected chi connectivity index (χ3v) is 3.52. The molecule has 0 amide bonds. The van der Waals surface area contributed by atoms with E-state index in [0.717, 1.165) is 6.07 Å². The van der Waals surface area contributed by atoms with E-state index in [-0.39, 0.29) is 32.6 Å². The second-order valence-corrected chi connectivity index (χ2v) is 5.00. The van der Waals surface area contributed by atoms with Crippen molar-refractivity contribution in [3.63, 3.8) is 0 Å². The average molecular weight is 333 g/mol. The summed E-state index contributed by atoms with van der Waals surface area (Å²) in [6.07, 6.45) is 0. The number of rotatable bonds is 2. The van der Waals surface area contributed by atoms with Gasteiger partial charge in [-0.15, -0.1) is 0 Å². The summed E-state index contributed by atoms with van der Waals surface area (Å²) in [5, 5.41) is 8.36. The number of anilines is 1. The molecule has 1 aromatic heterocycles. The average Bonchev–Trinajstić information content (AvgIpc) is 2.39. The lowest BCUT2D eigenvalue weighted by Crippen LogP contribution is -2.06. The summed E-state index contributed by atoms with van der Waals surface area (Å²) in [5.74, 6) is -3.09. The van der Waals surface area contributed by atoms with Crippen molar-refractivity contribution in [2.45, 2.75) is 6.92 Å². The summed E-state index contributed by atoms with van der Waals surface area (Å²) in [4.78, 5) is 14.8. The van der Waals surface area contributed by atoms with Gasteiger partial charge in [0.2, 0.25) is 0 Å². The van der Waals surface area contributed by atoms with E-state index >= 15 is 0 Å². The number of benzene rings is 1. The van der Waals surface area contributed by atoms with E-state index < -0.39 is 23.3 Å². The topological polar surface area (TPSA) is 76.2 Å². The highest BCUT2D eigenvalue weighted by molar-refractivity contribution is 6.35. The number of carboxylic acids is 1. The molecule has 0 atom stereocenters. The van der Waals surface area contributed by atoms with Crippen molar-refractivity contribution in [1.82, 2.24) is 4.98 Å². The first-order valence-electron chi connectivity index (χ1n) is 5.57. The van der Waals surface area contributed by atoms with Crippen molar-refractivity contribution < 1.29 is 18.7 Å². The van der Waals surface area contributed by atoms with Gasteiger partial charge in [-0.25, -0.2) is 18.6 Å². The molecule has 0 saturated carbocycles. The maximum Gasteiger partial charge on any atom is 0.356 e. The van der Waals surface area contributed by atoms with Gasteiger partial charge in [-0.1, -0.05) is 23.2 Å². The molecule has 0 aliphatic rings. The highest BCUT2D eigenvalue weighted by Crippen LogP contribution is 2.34. The number of carbonyl (C=O) groups is 1. The Labute approximate surface area is 128 Å². The predicted molar refractivity (Wildman–Crippen MR) is 75.7 cm³/mol. The van der Waals surface area contributed by atoms with Crippen LogP contribution in [0.4, 0.5) is 14.5 Å². The Bertz CT molecular complexity index is 767. The zero-order valence-electron chi connectivity index (χ0n) is 10.5. The molecule has 0 radical (unpaired) electrons. The van der Waals surface area contributed by atoms with Gasteiger partial charge in [-0.05, 0) is 24.6 Å². The molecule has 110 valence electrons. The van der Waals surface area contributed by atoms with E-state index in [1.54, 1.807) is 0 Å². The van der Waals surface area contributed by atoms with E-state index in [9.17, 15) is 13.6 Å². The van der Waals surface area contributed by atoms with Crippen molar-refractivity contribution in [3.8, 4) is 11.3 Å². The maximum absolute atomic E-state index is 14.0. The molecule has 4 nitrogen and oxygen atoms in total. The van der Waals surface area contributed by atoms with Crippen LogP contribution in [0.15, 0.2) is 12.1 Å². The summed E-state index contributed by atoms with van der Waals surface area (Å²) >= 11 is 11.3. The van der Waals surface area contributed by atoms with Gasteiger partial charge in [0.1, 0.15) is 11.6 Å². The molecule has 2 aromatic rings. The molecule has 1 heterocycles. The zero-order valence-corrected chi connectivity index (χ0v) is 12.1. The fourth-order valence-corrected chi connectivity index (χ4v) is 2.26. The standard InChI is InChI=1S/C13H8Cl2F2N2O2/c1-4-9(6(16)2-5(14)11(4)17)8-3-7(18)10(15)12(19-8)13(20)21/h2-3H,1H3,(H2,18,19)(H,20,21). The lowest BCUT2D eigenvalue weighted by atomic mass is 10.0. The van der Waals surface area contributed by atoms with Gasteiger partial charge in [0.25, 0.3) is 0 Å². The summed E-state index contributed by atoms with van der Waals surface area (Å²) in [7, 11) is 0. The Kier molecular flexibility index (Phi) is 4.02. The van der Waals surface area contributed by atoms with Crippen LogP contribution in [0, 0.1) is 18.6 Å². The molecule has 21 heavy (non-hydrogen) atoms. The third kappa shape index (κ3) is 2.64. The van der Waals surface area contributed by atoms with Crippen LogP contribution in [0.5, 0.6) is 0 Å². The van der Waals surface area contributed by atoms with Crippen LogP contribution < -0.4 is 5.73 Å². The van der Waals surface area contributed by atoms with Crippen molar-refractivity contribution >= 4 is 34.9 Å². The van der Waals surface area contributed by atoms with Crippen molar-refractivity contribution in [1.29, 1.82) is 0 Å². The van der Waals surface area contributed by atoms with Crippen molar-refractivity contribution in [2.24, 2.45) is 0 Å². The van der Waals surface area contributed by atoms with Crippen LogP contribution in [-0.2, 0) is 0 Å². The molecular formula is C13H8Cl2F2N2O2. The number of hydrogen-bond acceptors (Lipinski definition) is 3. The number of nitrogen functional groups attached to an aromatic ring is 1. The summed E-state index contributed by atoms with van der Waals surface area (Å²) < 4.78 is 27.8. The first-order valence-corrected chi connectivity index (χ1v) is 6.33. The predicted octanol–water partition coefficient (Wildman–Crippen LogP) is 3.92. The van der Waals surface area contributed by atoms with Gasteiger partial charge in [-0.3, -0.25) is 0 Å². The lowest BCUT2D eigenvalue weighted by molar-refractivity contribution is 0.0691. The fourth-order valence-electron chi connectivity index (χ4n) is 1.85. The van der Waals surface area contributed by atoms with Crippen LogP contribution in [0.1, 0.15) is 16.1 Å². The molecule has 0 fully saturated rings. The van der Waals surface area contributed by atoms with Crippen LogP contribution in [0.3, 0.4) is 0 Å². The van der Waals surface area contributed by atoms with E-state index in [4.69, 9.17) is 34.0 Å². The Morgan fingerprint density at radius 3 is 2.52 bits per heavy atom. The van der Waals surface area contributed by atoms with E-state index in [1.165, 1.54) is 13.0 Å². The minimum Gasteiger partial charge on any atom is -0.476 e. The molecule has 0 aliphatic carbocycles. The van der Waals surface area contributed by atoms with Gasteiger partial charge < -0.3 is 10.8 Å². The second-order valence-electron chi connectivity index (χ2n) is 4.22. The first-order chi connectivity index (χ1) is 9.73. The molecular weight excluding hydrogens is 325 g/mol. The first kappa shape index (κ1) is 15.5. The summed E-state index contributed by atoms with van der Waals surface area (Å²) in [5.41, 5.74) is 4.48. The highest BCUT2D eigenvalue weighted by Gasteiger charge is 2.21. The molecule has 0 spiro atoms. The molecule has 8 heteroatoms. The molecule has 0 unspecified atom stereocenters. The third-order valence-electron chi connectivity index (χ3n) is 2.85. The number of nitrogens with two attached hydrogens (primary N) is 1. The van der Waals surface area contributed by atoms with Gasteiger partial charge in [0, 0.05) is 5.56 Å². The van der Waals surface area contributed by atoms with E-state index in [2.05, 4.69) is 4.98 Å². The molecule has 1 aromatic carbocycles. The molecule has 2 rings (SSSR count). The molecule has 0 bridgehead atoms. The van der Waals surface area contributed by atoms with Crippen LogP contribution in [-0.4, -0.2) is 16.1 Å². The minimum absolute atomic E-state index is 0.103. The summed E-state index contributed by atoms with van der Waals surface area (Å²) in [6.45, 7) is 1.30. The number of aromatic carboxylic acids is 1. The Hall–Kier alpha value is -1.92. The largest absolute Gasteiger partial charge is 0.476 e. The maximum atomic E-state index is 14.0. The second kappa shape index (κ2) is 5.46. The van der Waals surface area contributed by atoms with Gasteiger partial charge in [-0.2, -0.15) is 0 Å². The quantitative estimate of drug-likeness (QED) is 0.817. The monoisotopic (exact) mass is 332 g/mol. The number of pyridine rings is 1. The SMILES string of the molecule is Cc1c(F)c(Cl)cc(F)c1-c1cc(N)c(Cl)c(C(=O)O)n1. The van der Waals surface area contributed by atoms with E-state index in [1.807, 2.05) is 0 Å². The van der Waals surface area contributed by atoms with Gasteiger partial charge in [0.15, 0.2) is 5.69 Å². The van der Waals surface area contributed by atoms with E-state index in [0.29, 0.717) is 0 Å². The minimum atomic E-state index is -1.43. The zero-order chi connectivity index (χ0) is 15.9.